The van der Waals surface area contributed by atoms with Crippen LogP contribution in [0.1, 0.15) is 59.1 Å². The second kappa shape index (κ2) is 5.90. The summed E-state index contributed by atoms with van der Waals surface area (Å²) in [5.41, 5.74) is 2.78. The molecule has 0 aliphatic rings. The van der Waals surface area contributed by atoms with E-state index >= 15 is 0 Å². The Labute approximate surface area is 105 Å². The van der Waals surface area contributed by atoms with Gasteiger partial charge in [0.25, 0.3) is 0 Å². The molecule has 17 heavy (non-hydrogen) atoms. The quantitative estimate of drug-likeness (QED) is 0.654. The van der Waals surface area contributed by atoms with Gasteiger partial charge in [0.2, 0.25) is 0 Å². The van der Waals surface area contributed by atoms with E-state index < -0.39 is 0 Å². The van der Waals surface area contributed by atoms with Gasteiger partial charge in [-0.15, -0.1) is 0 Å². The molecule has 0 spiro atoms. The SMILES string of the molecule is CC.CC(C)c1ccc2ccn(C(C)C)c2c1. The summed E-state index contributed by atoms with van der Waals surface area (Å²) in [6, 6.07) is 9.51. The lowest BCUT2D eigenvalue weighted by Gasteiger charge is -2.11. The highest BCUT2D eigenvalue weighted by atomic mass is 15.0. The lowest BCUT2D eigenvalue weighted by atomic mass is 10.0. The van der Waals surface area contributed by atoms with Gasteiger partial charge in [-0.05, 0) is 42.8 Å². The summed E-state index contributed by atoms with van der Waals surface area (Å²) in [5.74, 6) is 0.602. The molecule has 0 amide bonds. The minimum absolute atomic E-state index is 0.532. The van der Waals surface area contributed by atoms with Crippen molar-refractivity contribution in [2.45, 2.75) is 53.5 Å². The third kappa shape index (κ3) is 2.91. The Bertz CT molecular complexity index is 463. The first-order chi connectivity index (χ1) is 8.09. The normalized spacial score (nSPS) is 10.8. The van der Waals surface area contributed by atoms with Crippen molar-refractivity contribution in [1.82, 2.24) is 4.57 Å². The minimum Gasteiger partial charge on any atom is -0.345 e. The summed E-state index contributed by atoms with van der Waals surface area (Å²) in [6.45, 7) is 12.9. The monoisotopic (exact) mass is 231 g/mol. The van der Waals surface area contributed by atoms with Gasteiger partial charge in [-0.1, -0.05) is 39.8 Å². The number of nitrogens with zero attached hydrogens (tertiary/aromatic N) is 1. The van der Waals surface area contributed by atoms with Gasteiger partial charge < -0.3 is 4.57 Å². The molecule has 1 nitrogen and oxygen atoms in total. The van der Waals surface area contributed by atoms with Crippen molar-refractivity contribution in [3.05, 3.63) is 36.0 Å². The van der Waals surface area contributed by atoms with E-state index in [1.54, 1.807) is 0 Å². The summed E-state index contributed by atoms with van der Waals surface area (Å²) in [7, 11) is 0. The second-order valence-electron chi connectivity index (χ2n) is 4.79. The highest BCUT2D eigenvalue weighted by Gasteiger charge is 2.06. The van der Waals surface area contributed by atoms with Gasteiger partial charge in [0.05, 0.1) is 0 Å². The fourth-order valence-electron chi connectivity index (χ4n) is 1.98. The van der Waals surface area contributed by atoms with Crippen LogP contribution in [0.2, 0.25) is 0 Å². The molecule has 0 aliphatic heterocycles. The smallest absolute Gasteiger partial charge is 0.0485 e. The van der Waals surface area contributed by atoms with Crippen molar-refractivity contribution in [1.29, 1.82) is 0 Å². The number of fused-ring (bicyclic) bond motifs is 1. The van der Waals surface area contributed by atoms with E-state index in [1.165, 1.54) is 16.5 Å². The van der Waals surface area contributed by atoms with Gasteiger partial charge >= 0.3 is 0 Å². The van der Waals surface area contributed by atoms with Gasteiger partial charge in [-0.2, -0.15) is 0 Å². The number of hydrogen-bond acceptors (Lipinski definition) is 0. The maximum atomic E-state index is 2.33. The number of rotatable bonds is 2. The fraction of sp³-hybridized carbons (Fsp3) is 0.500. The van der Waals surface area contributed by atoms with Crippen LogP contribution in [0.4, 0.5) is 0 Å². The Hall–Kier alpha value is -1.24. The number of benzene rings is 1. The molecule has 0 fully saturated rings. The maximum absolute atomic E-state index is 2.33. The highest BCUT2D eigenvalue weighted by molar-refractivity contribution is 5.81. The Morgan fingerprint density at radius 3 is 2.12 bits per heavy atom. The summed E-state index contributed by atoms with van der Waals surface area (Å²) < 4.78 is 2.33. The first-order valence-electron chi connectivity index (χ1n) is 6.70. The molecule has 1 aromatic heterocycles. The summed E-state index contributed by atoms with van der Waals surface area (Å²) in [4.78, 5) is 0. The van der Waals surface area contributed by atoms with Crippen LogP contribution in [0.15, 0.2) is 30.5 Å². The lowest BCUT2D eigenvalue weighted by Crippen LogP contribution is -1.98. The topological polar surface area (TPSA) is 4.93 Å². The number of hydrogen-bond donors (Lipinski definition) is 0. The largest absolute Gasteiger partial charge is 0.345 e. The molecular weight excluding hydrogens is 206 g/mol. The Kier molecular flexibility index (Phi) is 4.80. The zero-order valence-electron chi connectivity index (χ0n) is 12.0. The van der Waals surface area contributed by atoms with E-state index in [2.05, 4.69) is 62.7 Å². The van der Waals surface area contributed by atoms with Gasteiger partial charge in [-0.25, -0.2) is 0 Å². The lowest BCUT2D eigenvalue weighted by molar-refractivity contribution is 0.622. The molecule has 1 aromatic carbocycles. The van der Waals surface area contributed by atoms with E-state index in [-0.39, 0.29) is 0 Å². The van der Waals surface area contributed by atoms with E-state index in [0.29, 0.717) is 12.0 Å². The Morgan fingerprint density at radius 2 is 1.59 bits per heavy atom. The average Bonchev–Trinajstić information content (AvgIpc) is 2.74. The van der Waals surface area contributed by atoms with E-state index in [9.17, 15) is 0 Å². The molecule has 94 valence electrons. The average molecular weight is 231 g/mol. The van der Waals surface area contributed by atoms with Crippen LogP contribution >= 0.6 is 0 Å². The van der Waals surface area contributed by atoms with Gasteiger partial charge in [-0.3, -0.25) is 0 Å². The number of aromatic nitrogens is 1. The van der Waals surface area contributed by atoms with Crippen LogP contribution < -0.4 is 0 Å². The molecular formula is C16H25N. The Morgan fingerprint density at radius 1 is 0.941 bits per heavy atom. The maximum Gasteiger partial charge on any atom is 0.0485 e. The summed E-state index contributed by atoms with van der Waals surface area (Å²) in [6.07, 6.45) is 2.18. The Balaban J connectivity index is 0.000000686. The van der Waals surface area contributed by atoms with Crippen LogP contribution in [0, 0.1) is 0 Å². The summed E-state index contributed by atoms with van der Waals surface area (Å²) in [5, 5.41) is 1.34. The minimum atomic E-state index is 0.532. The van der Waals surface area contributed by atoms with E-state index in [0.717, 1.165) is 0 Å². The molecule has 1 heteroatoms. The second-order valence-corrected chi connectivity index (χ2v) is 4.79. The van der Waals surface area contributed by atoms with Crippen LogP contribution in [0.5, 0.6) is 0 Å². The van der Waals surface area contributed by atoms with Crippen molar-refractivity contribution < 1.29 is 0 Å². The third-order valence-corrected chi connectivity index (χ3v) is 2.97. The van der Waals surface area contributed by atoms with Crippen molar-refractivity contribution in [3.63, 3.8) is 0 Å². The summed E-state index contributed by atoms with van der Waals surface area (Å²) >= 11 is 0. The van der Waals surface area contributed by atoms with Crippen molar-refractivity contribution >= 4 is 10.9 Å². The highest BCUT2D eigenvalue weighted by Crippen LogP contribution is 2.24. The molecule has 0 N–H and O–H groups in total. The molecule has 0 radical (unpaired) electrons. The zero-order chi connectivity index (χ0) is 13.0. The zero-order valence-corrected chi connectivity index (χ0v) is 12.0. The molecule has 0 saturated heterocycles. The molecule has 0 saturated carbocycles. The van der Waals surface area contributed by atoms with Crippen LogP contribution in [0.3, 0.4) is 0 Å². The van der Waals surface area contributed by atoms with Gasteiger partial charge in [0.1, 0.15) is 0 Å². The first kappa shape index (κ1) is 13.8. The predicted molar refractivity (Wildman–Crippen MR) is 77.8 cm³/mol. The van der Waals surface area contributed by atoms with Crippen molar-refractivity contribution in [2.75, 3.05) is 0 Å². The standard InChI is InChI=1S/C14H19N.C2H6/c1-10(2)13-6-5-12-7-8-15(11(3)4)14(12)9-13;1-2/h5-11H,1-4H3;1-2H3. The van der Waals surface area contributed by atoms with E-state index in [4.69, 9.17) is 0 Å². The fourth-order valence-corrected chi connectivity index (χ4v) is 1.98. The van der Waals surface area contributed by atoms with Crippen LogP contribution in [-0.4, -0.2) is 4.57 Å². The first-order valence-corrected chi connectivity index (χ1v) is 6.70. The molecule has 1 heterocycles. The van der Waals surface area contributed by atoms with Gasteiger partial charge in [0.15, 0.2) is 0 Å². The van der Waals surface area contributed by atoms with Crippen LogP contribution in [0.25, 0.3) is 10.9 Å². The molecule has 2 aromatic rings. The third-order valence-electron chi connectivity index (χ3n) is 2.97. The molecule has 0 aliphatic carbocycles. The predicted octanol–water partition coefficient (Wildman–Crippen LogP) is 5.37. The molecule has 2 rings (SSSR count). The van der Waals surface area contributed by atoms with Gasteiger partial charge in [0, 0.05) is 17.8 Å². The van der Waals surface area contributed by atoms with E-state index in [1.807, 2.05) is 13.8 Å². The van der Waals surface area contributed by atoms with Crippen molar-refractivity contribution in [2.24, 2.45) is 0 Å². The molecule has 0 unspecified atom stereocenters. The molecule has 0 atom stereocenters. The van der Waals surface area contributed by atoms with Crippen LogP contribution in [-0.2, 0) is 0 Å². The molecule has 0 bridgehead atoms. The van der Waals surface area contributed by atoms with Crippen molar-refractivity contribution in [3.8, 4) is 0 Å².